The first-order valence-corrected chi connectivity index (χ1v) is 12.7. The van der Waals surface area contributed by atoms with E-state index in [2.05, 4.69) is 11.8 Å². The highest BCUT2D eigenvalue weighted by Crippen LogP contribution is 2.40. The Kier molecular flexibility index (Phi) is 6.37. The van der Waals surface area contributed by atoms with Gasteiger partial charge in [0, 0.05) is 35.8 Å². The molecular formula is C22H28N2O3S2. The normalized spacial score (nSPS) is 19.9. The fourth-order valence-electron chi connectivity index (χ4n) is 4.01. The summed E-state index contributed by atoms with van der Waals surface area (Å²) in [5.41, 5.74) is 0.718. The third kappa shape index (κ3) is 4.57. The van der Waals surface area contributed by atoms with E-state index in [9.17, 15) is 8.42 Å². The van der Waals surface area contributed by atoms with Crippen molar-refractivity contribution in [2.24, 2.45) is 0 Å². The van der Waals surface area contributed by atoms with Crippen molar-refractivity contribution in [3.63, 3.8) is 0 Å². The number of anilines is 1. The molecule has 0 aromatic heterocycles. The summed E-state index contributed by atoms with van der Waals surface area (Å²) < 4.78 is 33.8. The van der Waals surface area contributed by atoms with E-state index in [0.29, 0.717) is 24.1 Å². The molecule has 1 atom stereocenters. The van der Waals surface area contributed by atoms with Crippen molar-refractivity contribution in [2.75, 3.05) is 36.3 Å². The van der Waals surface area contributed by atoms with Crippen LogP contribution in [0.2, 0.25) is 0 Å². The van der Waals surface area contributed by atoms with E-state index >= 15 is 0 Å². The Morgan fingerprint density at radius 1 is 1.14 bits per heavy atom. The highest BCUT2D eigenvalue weighted by Gasteiger charge is 2.29. The summed E-state index contributed by atoms with van der Waals surface area (Å²) in [6.45, 7) is 5.63. The lowest BCUT2D eigenvalue weighted by molar-refractivity contribution is 0.230. The molecule has 156 valence electrons. The summed E-state index contributed by atoms with van der Waals surface area (Å²) in [7, 11) is -3.58. The maximum absolute atomic E-state index is 13.2. The van der Waals surface area contributed by atoms with Gasteiger partial charge in [-0.1, -0.05) is 18.2 Å². The van der Waals surface area contributed by atoms with E-state index in [0.717, 1.165) is 35.1 Å². The molecule has 0 saturated carbocycles. The third-order valence-electron chi connectivity index (χ3n) is 5.63. The summed E-state index contributed by atoms with van der Waals surface area (Å²) in [5, 5.41) is 0. The van der Waals surface area contributed by atoms with Gasteiger partial charge in [-0.05, 0) is 57.0 Å². The number of nitrogens with zero attached hydrogens (tertiary/aromatic N) is 2. The standard InChI is InChI=1S/C22H28N2O3S2/c1-18-7-5-12-23(18)13-6-15-27-19-10-11-22-21(17-19)24(14-16-28-22)29(25,26)20-8-3-2-4-9-20/h2-4,8-11,17-18H,5-7,12-16H2,1H3. The van der Waals surface area contributed by atoms with Crippen LogP contribution in [0.4, 0.5) is 5.69 Å². The van der Waals surface area contributed by atoms with Crippen LogP contribution in [0.1, 0.15) is 26.2 Å². The number of sulfonamides is 1. The SMILES string of the molecule is CC1CCCN1CCCOc1ccc2c(c1)N(S(=O)(=O)c1ccccc1)CCS2. The van der Waals surface area contributed by atoms with Crippen LogP contribution in [0.15, 0.2) is 58.3 Å². The molecule has 0 bridgehead atoms. The van der Waals surface area contributed by atoms with Crippen molar-refractivity contribution < 1.29 is 13.2 Å². The predicted molar refractivity (Wildman–Crippen MR) is 119 cm³/mol. The van der Waals surface area contributed by atoms with Crippen LogP contribution in [-0.4, -0.2) is 51.4 Å². The van der Waals surface area contributed by atoms with Gasteiger partial charge < -0.3 is 9.64 Å². The molecule has 2 aromatic carbocycles. The fourth-order valence-corrected chi connectivity index (χ4v) is 6.66. The van der Waals surface area contributed by atoms with Crippen LogP contribution in [0.5, 0.6) is 5.75 Å². The molecular weight excluding hydrogens is 404 g/mol. The first kappa shape index (κ1) is 20.6. The number of hydrogen-bond acceptors (Lipinski definition) is 5. The zero-order chi connectivity index (χ0) is 20.3. The van der Waals surface area contributed by atoms with Gasteiger partial charge in [0.05, 0.1) is 17.2 Å². The van der Waals surface area contributed by atoms with Crippen LogP contribution in [-0.2, 0) is 10.0 Å². The number of rotatable bonds is 7. The van der Waals surface area contributed by atoms with E-state index in [1.54, 1.807) is 36.0 Å². The number of ether oxygens (including phenoxy) is 1. The third-order valence-corrected chi connectivity index (χ3v) is 8.50. The first-order valence-electron chi connectivity index (χ1n) is 10.3. The molecule has 7 heteroatoms. The summed E-state index contributed by atoms with van der Waals surface area (Å²) in [5.74, 6) is 1.47. The minimum Gasteiger partial charge on any atom is -0.493 e. The molecule has 0 N–H and O–H groups in total. The molecule has 2 heterocycles. The maximum Gasteiger partial charge on any atom is 0.264 e. The van der Waals surface area contributed by atoms with E-state index < -0.39 is 10.0 Å². The van der Waals surface area contributed by atoms with Crippen LogP contribution in [0.3, 0.4) is 0 Å². The van der Waals surface area contributed by atoms with Crippen molar-refractivity contribution >= 4 is 27.5 Å². The Hall–Kier alpha value is -1.70. The van der Waals surface area contributed by atoms with Crippen molar-refractivity contribution in [3.05, 3.63) is 48.5 Å². The lowest BCUT2D eigenvalue weighted by Crippen LogP contribution is -2.35. The van der Waals surface area contributed by atoms with Crippen LogP contribution >= 0.6 is 11.8 Å². The van der Waals surface area contributed by atoms with Crippen molar-refractivity contribution in [1.82, 2.24) is 4.90 Å². The van der Waals surface area contributed by atoms with Gasteiger partial charge in [0.25, 0.3) is 10.0 Å². The highest BCUT2D eigenvalue weighted by molar-refractivity contribution is 8.00. The molecule has 2 aromatic rings. The molecule has 0 amide bonds. The lowest BCUT2D eigenvalue weighted by Gasteiger charge is -2.30. The van der Waals surface area contributed by atoms with Gasteiger partial charge in [-0.25, -0.2) is 8.42 Å². The van der Waals surface area contributed by atoms with Gasteiger partial charge in [-0.2, -0.15) is 0 Å². The Labute approximate surface area is 178 Å². The molecule has 1 saturated heterocycles. The highest BCUT2D eigenvalue weighted by atomic mass is 32.2. The zero-order valence-electron chi connectivity index (χ0n) is 16.8. The lowest BCUT2D eigenvalue weighted by atomic mass is 10.2. The number of likely N-dealkylation sites (tertiary alicyclic amines) is 1. The second kappa shape index (κ2) is 8.98. The Morgan fingerprint density at radius 3 is 2.72 bits per heavy atom. The summed E-state index contributed by atoms with van der Waals surface area (Å²) in [6, 6.07) is 15.1. The second-order valence-corrected chi connectivity index (χ2v) is 10.6. The second-order valence-electron chi connectivity index (χ2n) is 7.60. The number of benzene rings is 2. The van der Waals surface area contributed by atoms with E-state index in [-0.39, 0.29) is 0 Å². The molecule has 1 unspecified atom stereocenters. The van der Waals surface area contributed by atoms with Crippen molar-refractivity contribution in [3.8, 4) is 5.75 Å². The Balaban J connectivity index is 1.46. The largest absolute Gasteiger partial charge is 0.493 e. The molecule has 29 heavy (non-hydrogen) atoms. The molecule has 2 aliphatic heterocycles. The topological polar surface area (TPSA) is 49.9 Å². The van der Waals surface area contributed by atoms with Crippen molar-refractivity contribution in [1.29, 1.82) is 0 Å². The number of thioether (sulfide) groups is 1. The van der Waals surface area contributed by atoms with Gasteiger partial charge in [0.2, 0.25) is 0 Å². The average molecular weight is 433 g/mol. The molecule has 2 aliphatic rings. The summed E-state index contributed by atoms with van der Waals surface area (Å²) >= 11 is 1.69. The van der Waals surface area contributed by atoms with Gasteiger partial charge >= 0.3 is 0 Å². The minimum atomic E-state index is -3.58. The Morgan fingerprint density at radius 2 is 1.97 bits per heavy atom. The molecule has 0 radical (unpaired) electrons. The zero-order valence-corrected chi connectivity index (χ0v) is 18.4. The van der Waals surface area contributed by atoms with E-state index in [1.165, 1.54) is 23.7 Å². The maximum atomic E-state index is 13.2. The molecule has 0 spiro atoms. The van der Waals surface area contributed by atoms with E-state index in [1.807, 2.05) is 24.3 Å². The molecule has 4 rings (SSSR count). The fraction of sp³-hybridized carbons (Fsp3) is 0.455. The summed E-state index contributed by atoms with van der Waals surface area (Å²) in [6.07, 6.45) is 3.55. The average Bonchev–Trinajstić information content (AvgIpc) is 3.16. The van der Waals surface area contributed by atoms with Crippen LogP contribution in [0, 0.1) is 0 Å². The van der Waals surface area contributed by atoms with E-state index in [4.69, 9.17) is 4.74 Å². The van der Waals surface area contributed by atoms with Crippen LogP contribution in [0.25, 0.3) is 0 Å². The molecule has 5 nitrogen and oxygen atoms in total. The number of hydrogen-bond donors (Lipinski definition) is 0. The molecule has 0 aliphatic carbocycles. The number of fused-ring (bicyclic) bond motifs is 1. The monoisotopic (exact) mass is 432 g/mol. The summed E-state index contributed by atoms with van der Waals surface area (Å²) in [4.78, 5) is 3.82. The minimum absolute atomic E-state index is 0.323. The van der Waals surface area contributed by atoms with Gasteiger partial charge in [-0.15, -0.1) is 11.8 Å². The quantitative estimate of drug-likeness (QED) is 0.613. The Bertz CT molecular complexity index is 934. The van der Waals surface area contributed by atoms with Crippen molar-refractivity contribution in [2.45, 2.75) is 42.0 Å². The van der Waals surface area contributed by atoms with Gasteiger partial charge in [0.15, 0.2) is 0 Å². The van der Waals surface area contributed by atoms with Gasteiger partial charge in [0.1, 0.15) is 5.75 Å². The molecule has 1 fully saturated rings. The first-order chi connectivity index (χ1) is 14.1. The smallest absolute Gasteiger partial charge is 0.264 e. The predicted octanol–water partition coefficient (Wildman–Crippen LogP) is 4.24. The van der Waals surface area contributed by atoms with Gasteiger partial charge in [-0.3, -0.25) is 4.31 Å². The van der Waals surface area contributed by atoms with Crippen LogP contribution < -0.4 is 9.04 Å².